The van der Waals surface area contributed by atoms with E-state index in [2.05, 4.69) is 0 Å². The van der Waals surface area contributed by atoms with Crippen molar-refractivity contribution in [3.05, 3.63) is 65.7 Å². The van der Waals surface area contributed by atoms with Crippen LogP contribution in [0.4, 0.5) is 0 Å². The number of carbonyl (C=O) groups is 2. The summed E-state index contributed by atoms with van der Waals surface area (Å²) in [6, 6.07) is 14.9. The molecule has 0 atom stereocenters. The predicted octanol–water partition coefficient (Wildman–Crippen LogP) is 3.31. The number of hydrogen-bond acceptors (Lipinski definition) is 5. The predicted molar refractivity (Wildman–Crippen MR) is 107 cm³/mol. The molecular weight excluding hydrogens is 358 g/mol. The molecule has 148 valence electrons. The van der Waals surface area contributed by atoms with Gasteiger partial charge >= 0.3 is 5.97 Å². The van der Waals surface area contributed by atoms with Crippen LogP contribution in [0.15, 0.2) is 54.6 Å². The van der Waals surface area contributed by atoms with Gasteiger partial charge in [-0.15, -0.1) is 0 Å². The van der Waals surface area contributed by atoms with E-state index >= 15 is 0 Å². The number of amides is 1. The maximum Gasteiger partial charge on any atom is 0.331 e. The molecule has 0 N–H and O–H groups in total. The van der Waals surface area contributed by atoms with E-state index in [-0.39, 0.29) is 12.5 Å². The lowest BCUT2D eigenvalue weighted by atomic mass is 10.2. The largest absolute Gasteiger partial charge is 0.493 e. The molecule has 0 fully saturated rings. The molecule has 2 rings (SSSR count). The summed E-state index contributed by atoms with van der Waals surface area (Å²) in [5.41, 5.74) is 1.77. The highest BCUT2D eigenvalue weighted by Crippen LogP contribution is 2.28. The lowest BCUT2D eigenvalue weighted by molar-refractivity contribution is -0.147. The zero-order valence-electron chi connectivity index (χ0n) is 16.4. The molecule has 2 aromatic rings. The van der Waals surface area contributed by atoms with Crippen molar-refractivity contribution < 1.29 is 23.8 Å². The maximum atomic E-state index is 12.1. The van der Waals surface area contributed by atoms with Gasteiger partial charge < -0.3 is 19.1 Å². The molecule has 0 heterocycles. The summed E-state index contributed by atoms with van der Waals surface area (Å²) in [5.74, 6) is 0.357. The number of benzene rings is 2. The Balaban J connectivity index is 1.86. The van der Waals surface area contributed by atoms with Crippen molar-refractivity contribution in [1.82, 2.24) is 4.90 Å². The molecule has 0 aliphatic carbocycles. The molecule has 0 spiro atoms. The van der Waals surface area contributed by atoms with Crippen molar-refractivity contribution in [2.45, 2.75) is 13.5 Å². The smallest absolute Gasteiger partial charge is 0.331 e. The zero-order valence-corrected chi connectivity index (χ0v) is 16.4. The third-order valence-corrected chi connectivity index (χ3v) is 3.93. The summed E-state index contributed by atoms with van der Waals surface area (Å²) in [4.78, 5) is 25.5. The molecule has 0 radical (unpaired) electrons. The van der Waals surface area contributed by atoms with Crippen molar-refractivity contribution in [2.75, 3.05) is 27.4 Å². The Kier molecular flexibility index (Phi) is 8.09. The van der Waals surface area contributed by atoms with Crippen molar-refractivity contribution >= 4 is 18.0 Å². The second kappa shape index (κ2) is 10.8. The van der Waals surface area contributed by atoms with E-state index in [0.717, 1.165) is 11.1 Å². The first-order valence-corrected chi connectivity index (χ1v) is 8.97. The molecule has 6 nitrogen and oxygen atoms in total. The number of carbonyl (C=O) groups excluding carboxylic acids is 2. The topological polar surface area (TPSA) is 65.1 Å². The van der Waals surface area contributed by atoms with Gasteiger partial charge in [0.05, 0.1) is 13.7 Å². The van der Waals surface area contributed by atoms with Gasteiger partial charge in [-0.2, -0.15) is 0 Å². The summed E-state index contributed by atoms with van der Waals surface area (Å²) in [6.45, 7) is 2.54. The monoisotopic (exact) mass is 383 g/mol. The molecule has 1 amide bonds. The molecule has 0 aliphatic rings. The molecule has 28 heavy (non-hydrogen) atoms. The number of likely N-dealkylation sites (N-methyl/N-ethyl adjacent to an activating group) is 1. The Morgan fingerprint density at radius 1 is 1.07 bits per heavy atom. The minimum Gasteiger partial charge on any atom is -0.493 e. The number of ether oxygens (including phenoxy) is 3. The van der Waals surface area contributed by atoms with Gasteiger partial charge in [-0.1, -0.05) is 36.4 Å². The lowest BCUT2D eigenvalue weighted by Gasteiger charge is -2.16. The van der Waals surface area contributed by atoms with Crippen LogP contribution in [0.3, 0.4) is 0 Å². The molecule has 0 bridgehead atoms. The van der Waals surface area contributed by atoms with E-state index in [9.17, 15) is 9.59 Å². The van der Waals surface area contributed by atoms with Gasteiger partial charge in [0.25, 0.3) is 5.91 Å². The van der Waals surface area contributed by atoms with Gasteiger partial charge in [-0.25, -0.2) is 4.79 Å². The molecule has 0 unspecified atom stereocenters. The van der Waals surface area contributed by atoms with Crippen molar-refractivity contribution in [2.24, 2.45) is 0 Å². The minimum atomic E-state index is -0.588. The van der Waals surface area contributed by atoms with E-state index in [0.29, 0.717) is 24.7 Å². The zero-order chi connectivity index (χ0) is 20.4. The van der Waals surface area contributed by atoms with E-state index in [1.165, 1.54) is 11.0 Å². The first kappa shape index (κ1) is 21.0. The average Bonchev–Trinajstić information content (AvgIpc) is 2.71. The first-order valence-electron chi connectivity index (χ1n) is 8.97. The van der Waals surface area contributed by atoms with Gasteiger partial charge in [0.1, 0.15) is 0 Å². The van der Waals surface area contributed by atoms with Crippen LogP contribution in [0.2, 0.25) is 0 Å². The lowest BCUT2D eigenvalue weighted by Crippen LogP contribution is -2.30. The SMILES string of the molecule is CCOc1cc(/C=C/C(=O)OCC(=O)N(C)Cc2ccccc2)ccc1OC. The quantitative estimate of drug-likeness (QED) is 0.491. The molecule has 0 aliphatic heterocycles. The average molecular weight is 383 g/mol. The number of esters is 1. The van der Waals surface area contributed by atoms with E-state index in [4.69, 9.17) is 14.2 Å². The molecule has 2 aromatic carbocycles. The summed E-state index contributed by atoms with van der Waals surface area (Å²) in [5, 5.41) is 0. The standard InChI is InChI=1S/C22H25NO5/c1-4-27-20-14-17(10-12-19(20)26-3)11-13-22(25)28-16-21(24)23(2)15-18-8-6-5-7-9-18/h5-14H,4,15-16H2,1-3H3/b13-11+. The third-order valence-electron chi connectivity index (χ3n) is 3.93. The fraction of sp³-hybridized carbons (Fsp3) is 0.273. The summed E-state index contributed by atoms with van der Waals surface area (Å²) in [6.07, 6.45) is 2.88. The van der Waals surface area contributed by atoms with Crippen LogP contribution in [-0.4, -0.2) is 44.1 Å². The second-order valence-corrected chi connectivity index (χ2v) is 6.02. The van der Waals surface area contributed by atoms with E-state index < -0.39 is 5.97 Å². The fourth-order valence-corrected chi connectivity index (χ4v) is 2.47. The van der Waals surface area contributed by atoms with Gasteiger partial charge in [-0.05, 0) is 36.3 Å². The summed E-state index contributed by atoms with van der Waals surface area (Å²) in [7, 11) is 3.24. The Morgan fingerprint density at radius 3 is 2.50 bits per heavy atom. The highest BCUT2D eigenvalue weighted by atomic mass is 16.5. The number of methoxy groups -OCH3 is 1. The van der Waals surface area contributed by atoms with E-state index in [1.807, 2.05) is 37.3 Å². The Bertz CT molecular complexity index is 817. The minimum absolute atomic E-state index is 0.270. The number of nitrogens with zero attached hydrogens (tertiary/aromatic N) is 1. The highest BCUT2D eigenvalue weighted by molar-refractivity contribution is 5.89. The molecule has 0 saturated carbocycles. The molecular formula is C22H25NO5. The molecule has 0 saturated heterocycles. The third kappa shape index (κ3) is 6.46. The van der Waals surface area contributed by atoms with Crippen LogP contribution in [0.25, 0.3) is 6.08 Å². The summed E-state index contributed by atoms with van der Waals surface area (Å²) >= 11 is 0. The van der Waals surface area contributed by atoms with Crippen molar-refractivity contribution in [1.29, 1.82) is 0 Å². The van der Waals surface area contributed by atoms with Crippen LogP contribution >= 0.6 is 0 Å². The van der Waals surface area contributed by atoms with Crippen LogP contribution in [0, 0.1) is 0 Å². The van der Waals surface area contributed by atoms with Crippen LogP contribution < -0.4 is 9.47 Å². The van der Waals surface area contributed by atoms with Crippen molar-refractivity contribution in [3.63, 3.8) is 0 Å². The Labute approximate surface area is 165 Å². The van der Waals surface area contributed by atoms with Crippen LogP contribution in [0.1, 0.15) is 18.1 Å². The second-order valence-electron chi connectivity index (χ2n) is 6.02. The Morgan fingerprint density at radius 2 is 1.82 bits per heavy atom. The molecule has 0 aromatic heterocycles. The number of hydrogen-bond donors (Lipinski definition) is 0. The molecule has 6 heteroatoms. The first-order chi connectivity index (χ1) is 13.5. The van der Waals surface area contributed by atoms with Gasteiger partial charge in [0.2, 0.25) is 0 Å². The van der Waals surface area contributed by atoms with Crippen LogP contribution in [0.5, 0.6) is 11.5 Å². The van der Waals surface area contributed by atoms with Gasteiger partial charge in [-0.3, -0.25) is 4.79 Å². The number of rotatable bonds is 9. The normalized spacial score (nSPS) is 10.5. The van der Waals surface area contributed by atoms with Gasteiger partial charge in [0.15, 0.2) is 18.1 Å². The van der Waals surface area contributed by atoms with Crippen LogP contribution in [-0.2, 0) is 20.9 Å². The highest BCUT2D eigenvalue weighted by Gasteiger charge is 2.11. The summed E-state index contributed by atoms with van der Waals surface area (Å²) < 4.78 is 15.8. The fourth-order valence-electron chi connectivity index (χ4n) is 2.47. The Hall–Kier alpha value is -3.28. The van der Waals surface area contributed by atoms with Crippen molar-refractivity contribution in [3.8, 4) is 11.5 Å². The maximum absolute atomic E-state index is 12.1. The van der Waals surface area contributed by atoms with E-state index in [1.54, 1.807) is 38.4 Å². The van der Waals surface area contributed by atoms with Gasteiger partial charge in [0, 0.05) is 19.7 Å².